The lowest BCUT2D eigenvalue weighted by molar-refractivity contribution is -0.144. The highest BCUT2D eigenvalue weighted by Gasteiger charge is 2.52. The molecule has 3 N–H and O–H groups in total. The normalized spacial score (nSPS) is 27.0. The maximum Gasteiger partial charge on any atom is 0.248 e. The van der Waals surface area contributed by atoms with Crippen molar-refractivity contribution in [2.45, 2.75) is 31.7 Å². The third kappa shape index (κ3) is 3.24. The molecule has 7 heteroatoms. The van der Waals surface area contributed by atoms with Crippen LogP contribution in [0.3, 0.4) is 0 Å². The van der Waals surface area contributed by atoms with Crippen molar-refractivity contribution >= 4 is 17.4 Å². The van der Waals surface area contributed by atoms with E-state index in [0.29, 0.717) is 19.5 Å². The molecule has 1 saturated heterocycles. The van der Waals surface area contributed by atoms with E-state index in [1.165, 1.54) is 5.57 Å². The Morgan fingerprint density at radius 3 is 2.85 bits per heavy atom. The largest absolute Gasteiger partial charge is 0.337 e. The smallest absolute Gasteiger partial charge is 0.248 e. The lowest BCUT2D eigenvalue weighted by Crippen LogP contribution is -2.59. The number of nitrogens with zero attached hydrogens (tertiary/aromatic N) is 2. The summed E-state index contributed by atoms with van der Waals surface area (Å²) in [5.41, 5.74) is 4.17. The first-order valence-corrected chi connectivity index (χ1v) is 9.17. The fourth-order valence-corrected chi connectivity index (χ4v) is 4.15. The second kappa shape index (κ2) is 6.81. The second-order valence-corrected chi connectivity index (χ2v) is 7.65. The van der Waals surface area contributed by atoms with E-state index in [9.17, 15) is 9.59 Å². The van der Waals surface area contributed by atoms with Crippen LogP contribution in [0.25, 0.3) is 5.57 Å². The summed E-state index contributed by atoms with van der Waals surface area (Å²) in [4.78, 5) is 31.1. The fraction of sp³-hybridized carbons (Fsp3) is 0.526. The Hall–Kier alpha value is -2.25. The summed E-state index contributed by atoms with van der Waals surface area (Å²) in [5, 5.41) is 12.4. The highest BCUT2D eigenvalue weighted by molar-refractivity contribution is 5.90. The van der Waals surface area contributed by atoms with E-state index in [0.717, 1.165) is 31.4 Å². The molecule has 7 nitrogen and oxygen atoms in total. The summed E-state index contributed by atoms with van der Waals surface area (Å²) >= 11 is 0. The highest BCUT2D eigenvalue weighted by Crippen LogP contribution is 2.52. The molecule has 1 aromatic rings. The van der Waals surface area contributed by atoms with Crippen molar-refractivity contribution in [2.24, 2.45) is 11.3 Å². The van der Waals surface area contributed by atoms with Crippen LogP contribution in [0.1, 0.15) is 31.2 Å². The third-order valence-corrected chi connectivity index (χ3v) is 5.98. The number of carbonyl (C=O) groups is 2. The Balaban J connectivity index is 1.45. The first kappa shape index (κ1) is 17.2. The number of hydrogen-bond acceptors (Lipinski definition) is 5. The molecule has 1 aromatic heterocycles. The number of amides is 2. The maximum atomic E-state index is 13.0. The molecule has 0 radical (unpaired) electrons. The third-order valence-electron chi connectivity index (χ3n) is 5.98. The van der Waals surface area contributed by atoms with Gasteiger partial charge in [0.2, 0.25) is 11.8 Å². The number of hydroxylamine groups is 1. The molecule has 26 heavy (non-hydrogen) atoms. The number of piperidine rings is 1. The molecule has 2 unspecified atom stereocenters. The summed E-state index contributed by atoms with van der Waals surface area (Å²) in [7, 11) is 0. The van der Waals surface area contributed by atoms with E-state index in [-0.39, 0.29) is 11.3 Å². The number of hydrogen-bond donors (Lipinski definition) is 3. The van der Waals surface area contributed by atoms with Crippen LogP contribution < -0.4 is 10.8 Å². The number of rotatable bonds is 3. The molecule has 2 aliphatic heterocycles. The van der Waals surface area contributed by atoms with Crippen LogP contribution in [0.2, 0.25) is 0 Å². The zero-order chi connectivity index (χ0) is 18.1. The van der Waals surface area contributed by atoms with Gasteiger partial charge in [0.05, 0.1) is 12.0 Å². The van der Waals surface area contributed by atoms with Crippen molar-refractivity contribution in [3.8, 4) is 0 Å². The number of pyridine rings is 1. The van der Waals surface area contributed by atoms with E-state index in [1.807, 2.05) is 18.3 Å². The molecule has 2 atom stereocenters. The number of nitrogens with one attached hydrogen (secondary N) is 2. The summed E-state index contributed by atoms with van der Waals surface area (Å²) in [6, 6.07) is 3.36. The molecule has 3 aliphatic rings. The second-order valence-electron chi connectivity index (χ2n) is 7.65. The first-order valence-electron chi connectivity index (χ1n) is 9.17. The van der Waals surface area contributed by atoms with E-state index in [2.05, 4.69) is 16.4 Å². The van der Waals surface area contributed by atoms with Crippen LogP contribution in [-0.4, -0.2) is 52.6 Å². The minimum absolute atomic E-state index is 0.0596. The molecule has 0 bridgehead atoms. The lowest BCUT2D eigenvalue weighted by atomic mass is 9.81. The molecule has 2 fully saturated rings. The lowest BCUT2D eigenvalue weighted by Gasteiger charge is -2.38. The monoisotopic (exact) mass is 356 g/mol. The Labute approximate surface area is 152 Å². The van der Waals surface area contributed by atoms with Gasteiger partial charge in [-0.1, -0.05) is 12.1 Å². The van der Waals surface area contributed by atoms with Crippen molar-refractivity contribution in [3.05, 3.63) is 36.2 Å². The Bertz CT molecular complexity index is 730. The Kier molecular flexibility index (Phi) is 4.50. The minimum atomic E-state index is -0.568. The van der Waals surface area contributed by atoms with E-state index in [1.54, 1.807) is 16.6 Å². The predicted molar refractivity (Wildman–Crippen MR) is 94.9 cm³/mol. The Morgan fingerprint density at radius 1 is 1.38 bits per heavy atom. The average Bonchev–Trinajstić information content (AvgIpc) is 3.46. The molecule has 1 aliphatic carbocycles. The Morgan fingerprint density at radius 2 is 2.23 bits per heavy atom. The van der Waals surface area contributed by atoms with Gasteiger partial charge in [0.1, 0.15) is 0 Å². The molecule has 4 rings (SSSR count). The molecule has 138 valence electrons. The van der Waals surface area contributed by atoms with Crippen molar-refractivity contribution in [1.82, 2.24) is 20.7 Å². The number of aromatic nitrogens is 1. The van der Waals surface area contributed by atoms with E-state index >= 15 is 0 Å². The van der Waals surface area contributed by atoms with Crippen LogP contribution in [0, 0.1) is 11.3 Å². The standard InChI is InChI=1S/C19H24N4O3/c24-17(22-26)15-10-19(5-6-19)12-21-16(15)18(25)23-8-3-13(4-9-23)14-2-1-7-20-11-14/h1-3,7,11,15-16,21,26H,4-6,8-10,12H2,(H,22,24). The van der Waals surface area contributed by atoms with Crippen molar-refractivity contribution in [3.63, 3.8) is 0 Å². The van der Waals surface area contributed by atoms with Crippen LogP contribution in [0.4, 0.5) is 0 Å². The zero-order valence-corrected chi connectivity index (χ0v) is 14.6. The zero-order valence-electron chi connectivity index (χ0n) is 14.6. The quantitative estimate of drug-likeness (QED) is 0.554. The molecule has 1 saturated carbocycles. The van der Waals surface area contributed by atoms with Gasteiger partial charge in [-0.25, -0.2) is 5.48 Å². The molecule has 2 amide bonds. The minimum Gasteiger partial charge on any atom is -0.337 e. The van der Waals surface area contributed by atoms with Gasteiger partial charge in [0.25, 0.3) is 0 Å². The van der Waals surface area contributed by atoms with Gasteiger partial charge < -0.3 is 10.2 Å². The maximum absolute atomic E-state index is 13.0. The molecule has 0 aromatic carbocycles. The predicted octanol–water partition coefficient (Wildman–Crippen LogP) is 0.961. The van der Waals surface area contributed by atoms with Crippen molar-refractivity contribution in [2.75, 3.05) is 19.6 Å². The molecule has 3 heterocycles. The van der Waals surface area contributed by atoms with Gasteiger partial charge in [-0.3, -0.25) is 19.8 Å². The van der Waals surface area contributed by atoms with Gasteiger partial charge in [-0.05, 0) is 48.3 Å². The van der Waals surface area contributed by atoms with Crippen LogP contribution in [-0.2, 0) is 9.59 Å². The average molecular weight is 356 g/mol. The van der Waals surface area contributed by atoms with Gasteiger partial charge in [0.15, 0.2) is 0 Å². The van der Waals surface area contributed by atoms with Crippen LogP contribution in [0.15, 0.2) is 30.6 Å². The van der Waals surface area contributed by atoms with Gasteiger partial charge in [-0.15, -0.1) is 0 Å². The van der Waals surface area contributed by atoms with Gasteiger partial charge in [-0.2, -0.15) is 0 Å². The van der Waals surface area contributed by atoms with Crippen LogP contribution in [0.5, 0.6) is 0 Å². The number of carbonyl (C=O) groups excluding carboxylic acids is 2. The SMILES string of the molecule is O=C(NO)C1CC2(CC2)CNC1C(=O)N1CC=C(c2cccnc2)CC1. The first-order chi connectivity index (χ1) is 12.6. The van der Waals surface area contributed by atoms with Gasteiger partial charge in [0, 0.05) is 32.0 Å². The topological polar surface area (TPSA) is 94.6 Å². The molecular weight excluding hydrogens is 332 g/mol. The molecular formula is C19H24N4O3. The van der Waals surface area contributed by atoms with Crippen molar-refractivity contribution < 1.29 is 14.8 Å². The highest BCUT2D eigenvalue weighted by atomic mass is 16.5. The summed E-state index contributed by atoms with van der Waals surface area (Å²) < 4.78 is 0. The summed E-state index contributed by atoms with van der Waals surface area (Å²) in [6.07, 6.45) is 9.23. The van der Waals surface area contributed by atoms with E-state index < -0.39 is 17.9 Å². The van der Waals surface area contributed by atoms with Crippen LogP contribution >= 0.6 is 0 Å². The summed E-state index contributed by atoms with van der Waals surface area (Å²) in [6.45, 7) is 1.92. The molecule has 1 spiro atoms. The van der Waals surface area contributed by atoms with Crippen molar-refractivity contribution in [1.29, 1.82) is 0 Å². The fourth-order valence-electron chi connectivity index (χ4n) is 4.15. The van der Waals surface area contributed by atoms with Gasteiger partial charge >= 0.3 is 0 Å². The summed E-state index contributed by atoms with van der Waals surface area (Å²) in [5.74, 6) is -1.05. The van der Waals surface area contributed by atoms with E-state index in [4.69, 9.17) is 5.21 Å².